The molecule has 0 radical (unpaired) electrons. The molecule has 2 atom stereocenters. The highest BCUT2D eigenvalue weighted by Gasteiger charge is 2.36. The van der Waals surface area contributed by atoms with E-state index >= 15 is 0 Å². The van der Waals surface area contributed by atoms with Crippen LogP contribution in [0.5, 0.6) is 0 Å². The first kappa shape index (κ1) is 20.2. The van der Waals surface area contributed by atoms with E-state index in [2.05, 4.69) is 23.1 Å². The maximum Gasteiger partial charge on any atom is 0.228 e. The molecule has 2 heterocycles. The van der Waals surface area contributed by atoms with Crippen LogP contribution in [-0.4, -0.2) is 50.8 Å². The molecule has 0 unspecified atom stereocenters. The summed E-state index contributed by atoms with van der Waals surface area (Å²) in [5.74, 6) is -0.0454. The van der Waals surface area contributed by atoms with Crippen molar-refractivity contribution in [1.29, 1.82) is 0 Å². The van der Waals surface area contributed by atoms with Crippen LogP contribution in [-0.2, 0) is 20.8 Å². The number of halogens is 1. The Morgan fingerprint density at radius 1 is 1.10 bits per heavy atom. The Kier molecular flexibility index (Phi) is 6.38. The van der Waals surface area contributed by atoms with Crippen LogP contribution in [0, 0.1) is 5.92 Å². The lowest BCUT2D eigenvalue weighted by molar-refractivity contribution is -0.136. The number of rotatable bonds is 5. The number of ether oxygens (including phenoxy) is 2. The molecule has 2 fully saturated rings. The molecule has 5 nitrogen and oxygen atoms in total. The third kappa shape index (κ3) is 4.58. The molecule has 0 saturated carbocycles. The number of para-hydroxylation sites is 1. The number of carbonyl (C=O) groups excluding carboxylic acids is 1. The fraction of sp³-hybridized carbons (Fsp3) is 0.435. The maximum absolute atomic E-state index is 13.3. The molecule has 0 aromatic heterocycles. The molecule has 154 valence electrons. The van der Waals surface area contributed by atoms with E-state index in [0.717, 1.165) is 43.9 Å². The summed E-state index contributed by atoms with van der Waals surface area (Å²) < 4.78 is 11.4. The van der Waals surface area contributed by atoms with Gasteiger partial charge in [-0.2, -0.15) is 0 Å². The van der Waals surface area contributed by atoms with Crippen molar-refractivity contribution in [3.8, 4) is 0 Å². The van der Waals surface area contributed by atoms with Gasteiger partial charge >= 0.3 is 0 Å². The van der Waals surface area contributed by atoms with Crippen molar-refractivity contribution in [3.63, 3.8) is 0 Å². The number of carbonyl (C=O) groups is 1. The number of hydrogen-bond donors (Lipinski definition) is 0. The van der Waals surface area contributed by atoms with E-state index in [0.29, 0.717) is 18.2 Å². The minimum Gasteiger partial charge on any atom is -0.378 e. The number of hydrogen-bond acceptors (Lipinski definition) is 4. The van der Waals surface area contributed by atoms with Crippen LogP contribution < -0.4 is 4.90 Å². The number of benzene rings is 2. The lowest BCUT2D eigenvalue weighted by atomic mass is 9.94. The monoisotopic (exact) mass is 414 g/mol. The standard InChI is InChI=1S/C23H27ClN2O3/c1-25(16-18-4-2-3-5-21(18)26-11-14-28-15-12-26)23(27)20-10-13-29-22(20)17-6-8-19(24)9-7-17/h2-9,20,22H,10-16H2,1H3/t20-,22+/m1/s1. The van der Waals surface area contributed by atoms with Crippen LogP contribution in [0.1, 0.15) is 23.7 Å². The van der Waals surface area contributed by atoms with Crippen LogP contribution in [0.25, 0.3) is 0 Å². The van der Waals surface area contributed by atoms with Gasteiger partial charge in [0.2, 0.25) is 5.91 Å². The molecule has 2 aliphatic rings. The first-order chi connectivity index (χ1) is 14.1. The highest BCUT2D eigenvalue weighted by Crippen LogP contribution is 2.36. The van der Waals surface area contributed by atoms with Gasteiger partial charge in [-0.15, -0.1) is 0 Å². The highest BCUT2D eigenvalue weighted by atomic mass is 35.5. The Labute approximate surface area is 177 Å². The van der Waals surface area contributed by atoms with Crippen molar-refractivity contribution in [3.05, 3.63) is 64.7 Å². The Hall–Kier alpha value is -2.08. The number of nitrogens with zero attached hydrogens (tertiary/aromatic N) is 2. The lowest BCUT2D eigenvalue weighted by Crippen LogP contribution is -2.38. The molecule has 2 aromatic rings. The average molecular weight is 415 g/mol. The number of anilines is 1. The maximum atomic E-state index is 13.3. The highest BCUT2D eigenvalue weighted by molar-refractivity contribution is 6.30. The third-order valence-corrected chi connectivity index (χ3v) is 5.99. The summed E-state index contributed by atoms with van der Waals surface area (Å²) in [6.07, 6.45) is 0.526. The largest absolute Gasteiger partial charge is 0.378 e. The second-order valence-corrected chi connectivity index (χ2v) is 8.10. The summed E-state index contributed by atoms with van der Waals surface area (Å²) in [6.45, 7) is 4.42. The van der Waals surface area contributed by atoms with Gasteiger partial charge in [0, 0.05) is 44.0 Å². The number of morpholine rings is 1. The van der Waals surface area contributed by atoms with E-state index < -0.39 is 0 Å². The summed E-state index contributed by atoms with van der Waals surface area (Å²) in [4.78, 5) is 17.4. The molecule has 4 rings (SSSR count). The van der Waals surface area contributed by atoms with Gasteiger partial charge in [0.05, 0.1) is 25.2 Å². The van der Waals surface area contributed by atoms with Gasteiger partial charge < -0.3 is 19.3 Å². The van der Waals surface area contributed by atoms with Gasteiger partial charge in [-0.25, -0.2) is 0 Å². The fourth-order valence-electron chi connectivity index (χ4n) is 4.20. The summed E-state index contributed by atoms with van der Waals surface area (Å²) in [7, 11) is 1.88. The van der Waals surface area contributed by atoms with E-state index in [-0.39, 0.29) is 17.9 Å². The van der Waals surface area contributed by atoms with Crippen LogP contribution in [0.15, 0.2) is 48.5 Å². The molecule has 2 aliphatic heterocycles. The van der Waals surface area contributed by atoms with Crippen LogP contribution in [0.2, 0.25) is 5.02 Å². The van der Waals surface area contributed by atoms with Gasteiger partial charge in [0.15, 0.2) is 0 Å². The van der Waals surface area contributed by atoms with Crippen LogP contribution >= 0.6 is 11.6 Å². The quantitative estimate of drug-likeness (QED) is 0.743. The van der Waals surface area contributed by atoms with E-state index in [4.69, 9.17) is 21.1 Å². The van der Waals surface area contributed by atoms with Gasteiger partial charge in [-0.05, 0) is 35.7 Å². The Morgan fingerprint density at radius 3 is 2.59 bits per heavy atom. The van der Waals surface area contributed by atoms with Crippen molar-refractivity contribution in [1.82, 2.24) is 4.90 Å². The molecular formula is C23H27ClN2O3. The molecule has 0 bridgehead atoms. The van der Waals surface area contributed by atoms with Gasteiger partial charge in [0.1, 0.15) is 0 Å². The molecule has 1 amide bonds. The van der Waals surface area contributed by atoms with Crippen molar-refractivity contribution in [2.24, 2.45) is 5.92 Å². The molecule has 29 heavy (non-hydrogen) atoms. The minimum absolute atomic E-state index is 0.124. The summed E-state index contributed by atoms with van der Waals surface area (Å²) in [5, 5.41) is 0.687. The molecule has 2 aromatic carbocycles. The smallest absolute Gasteiger partial charge is 0.228 e. The lowest BCUT2D eigenvalue weighted by Gasteiger charge is -2.32. The molecule has 0 N–H and O–H groups in total. The molecule has 0 spiro atoms. The van der Waals surface area contributed by atoms with E-state index in [9.17, 15) is 4.79 Å². The topological polar surface area (TPSA) is 42.0 Å². The van der Waals surface area contributed by atoms with E-state index in [1.165, 1.54) is 5.69 Å². The summed E-state index contributed by atoms with van der Waals surface area (Å²) >= 11 is 6.01. The first-order valence-corrected chi connectivity index (χ1v) is 10.5. The summed E-state index contributed by atoms with van der Waals surface area (Å²) in [6, 6.07) is 15.9. The predicted molar refractivity (Wildman–Crippen MR) is 114 cm³/mol. The van der Waals surface area contributed by atoms with Crippen molar-refractivity contribution in [2.45, 2.75) is 19.1 Å². The van der Waals surface area contributed by atoms with E-state index in [1.54, 1.807) is 0 Å². The Morgan fingerprint density at radius 2 is 1.83 bits per heavy atom. The van der Waals surface area contributed by atoms with Gasteiger partial charge in [-0.3, -0.25) is 4.79 Å². The molecule has 0 aliphatic carbocycles. The van der Waals surface area contributed by atoms with E-state index in [1.807, 2.05) is 42.3 Å². The Bertz CT molecular complexity index is 836. The SMILES string of the molecule is CN(Cc1ccccc1N1CCOCC1)C(=O)[C@@H]1CCO[C@H]1c1ccc(Cl)cc1. The first-order valence-electron chi connectivity index (χ1n) is 10.2. The van der Waals surface area contributed by atoms with Gasteiger partial charge in [-0.1, -0.05) is 41.9 Å². The number of amides is 1. The molecular weight excluding hydrogens is 388 g/mol. The average Bonchev–Trinajstić information content (AvgIpc) is 3.24. The summed E-state index contributed by atoms with van der Waals surface area (Å²) in [5.41, 5.74) is 3.35. The van der Waals surface area contributed by atoms with Crippen molar-refractivity contribution >= 4 is 23.2 Å². The van der Waals surface area contributed by atoms with Gasteiger partial charge in [0.25, 0.3) is 0 Å². The van der Waals surface area contributed by atoms with Crippen LogP contribution in [0.4, 0.5) is 5.69 Å². The van der Waals surface area contributed by atoms with Crippen molar-refractivity contribution < 1.29 is 14.3 Å². The molecule has 6 heteroatoms. The fourth-order valence-corrected chi connectivity index (χ4v) is 4.32. The zero-order valence-electron chi connectivity index (χ0n) is 16.7. The Balaban J connectivity index is 1.48. The zero-order chi connectivity index (χ0) is 20.2. The normalized spacial score (nSPS) is 21.9. The van der Waals surface area contributed by atoms with Crippen LogP contribution in [0.3, 0.4) is 0 Å². The molecule has 2 saturated heterocycles. The van der Waals surface area contributed by atoms with Crippen molar-refractivity contribution in [2.75, 3.05) is 44.9 Å². The second kappa shape index (κ2) is 9.16. The minimum atomic E-state index is -0.211. The third-order valence-electron chi connectivity index (χ3n) is 5.73. The predicted octanol–water partition coefficient (Wildman–Crippen LogP) is 3.91. The second-order valence-electron chi connectivity index (χ2n) is 7.66. The zero-order valence-corrected chi connectivity index (χ0v) is 17.5.